The Morgan fingerprint density at radius 1 is 1.25 bits per heavy atom. The third kappa shape index (κ3) is 4.18. The third-order valence-electron chi connectivity index (χ3n) is 4.73. The van der Waals surface area contributed by atoms with Gasteiger partial charge in [0.2, 0.25) is 5.91 Å². The summed E-state index contributed by atoms with van der Waals surface area (Å²) < 4.78 is 12.9. The van der Waals surface area contributed by atoms with Crippen molar-refractivity contribution in [1.82, 2.24) is 9.47 Å². The first kappa shape index (κ1) is 19.5. The van der Waals surface area contributed by atoms with Crippen LogP contribution in [0.5, 0.6) is 0 Å². The van der Waals surface area contributed by atoms with Gasteiger partial charge in [0.1, 0.15) is 29.2 Å². The summed E-state index contributed by atoms with van der Waals surface area (Å²) in [6, 6.07) is 9.69. The van der Waals surface area contributed by atoms with Crippen molar-refractivity contribution in [1.29, 1.82) is 5.26 Å². The molecule has 0 aromatic carbocycles. The highest BCUT2D eigenvalue weighted by atomic mass is 16.3. The minimum atomic E-state index is -0.194. The number of carbonyl (C=O) groups is 1. The molecule has 0 radical (unpaired) electrons. The number of rotatable bonds is 7. The lowest BCUT2D eigenvalue weighted by Gasteiger charge is -2.16. The van der Waals surface area contributed by atoms with E-state index in [9.17, 15) is 10.1 Å². The van der Waals surface area contributed by atoms with Crippen molar-refractivity contribution in [2.45, 2.75) is 33.9 Å². The molecule has 146 valence electrons. The van der Waals surface area contributed by atoms with E-state index < -0.39 is 0 Å². The lowest BCUT2D eigenvalue weighted by atomic mass is 10.2. The lowest BCUT2D eigenvalue weighted by Crippen LogP contribution is -2.30. The zero-order valence-electron chi connectivity index (χ0n) is 16.6. The number of nitrogens with one attached hydrogen (secondary N) is 1. The Bertz CT molecular complexity index is 1010. The van der Waals surface area contributed by atoms with Gasteiger partial charge in [0, 0.05) is 5.69 Å². The van der Waals surface area contributed by atoms with Crippen LogP contribution in [0.1, 0.15) is 34.1 Å². The van der Waals surface area contributed by atoms with E-state index in [1.165, 1.54) is 0 Å². The number of carbonyl (C=O) groups excluding carboxylic acids is 1. The summed E-state index contributed by atoms with van der Waals surface area (Å²) in [5.41, 5.74) is 2.24. The molecule has 0 aliphatic rings. The van der Waals surface area contributed by atoms with Gasteiger partial charge < -0.3 is 18.7 Å². The van der Waals surface area contributed by atoms with Crippen molar-refractivity contribution in [2.75, 3.05) is 18.9 Å². The van der Waals surface area contributed by atoms with Gasteiger partial charge in [-0.05, 0) is 57.6 Å². The molecule has 0 unspecified atom stereocenters. The average molecular weight is 380 g/mol. The molecule has 7 nitrogen and oxygen atoms in total. The molecular formula is C21H24N4O3. The Kier molecular flexibility index (Phi) is 5.71. The second-order valence-electron chi connectivity index (χ2n) is 6.94. The summed E-state index contributed by atoms with van der Waals surface area (Å²) >= 11 is 0. The van der Waals surface area contributed by atoms with Crippen LogP contribution >= 0.6 is 0 Å². The summed E-state index contributed by atoms with van der Waals surface area (Å²) in [5.74, 6) is 2.71. The van der Waals surface area contributed by atoms with Gasteiger partial charge in [-0.3, -0.25) is 9.69 Å². The third-order valence-corrected chi connectivity index (χ3v) is 4.73. The van der Waals surface area contributed by atoms with E-state index >= 15 is 0 Å². The molecule has 0 fully saturated rings. The number of aryl methyl sites for hydroxylation is 1. The molecule has 3 aromatic heterocycles. The average Bonchev–Trinajstić information content (AvgIpc) is 3.34. The first-order valence-electron chi connectivity index (χ1n) is 9.05. The van der Waals surface area contributed by atoms with Crippen LogP contribution in [-0.2, 0) is 17.9 Å². The number of anilines is 1. The number of furan rings is 2. The van der Waals surface area contributed by atoms with Gasteiger partial charge in [-0.1, -0.05) is 0 Å². The minimum absolute atomic E-state index is 0.175. The maximum Gasteiger partial charge on any atom is 0.239 e. The number of amides is 1. The van der Waals surface area contributed by atoms with Gasteiger partial charge in [0.25, 0.3) is 0 Å². The first-order valence-corrected chi connectivity index (χ1v) is 9.05. The quantitative estimate of drug-likeness (QED) is 0.677. The number of hydrogen-bond donors (Lipinski definition) is 1. The number of aromatic nitrogens is 1. The van der Waals surface area contributed by atoms with Crippen molar-refractivity contribution in [3.8, 4) is 6.07 Å². The molecule has 0 spiro atoms. The molecule has 3 rings (SSSR count). The first-order chi connectivity index (χ1) is 13.4. The Morgan fingerprint density at radius 2 is 2.04 bits per heavy atom. The van der Waals surface area contributed by atoms with Crippen LogP contribution in [0, 0.1) is 32.1 Å². The molecule has 0 aliphatic heterocycles. The summed E-state index contributed by atoms with van der Waals surface area (Å²) in [6.07, 6.45) is 1.61. The highest BCUT2D eigenvalue weighted by Gasteiger charge is 2.21. The van der Waals surface area contributed by atoms with Crippen molar-refractivity contribution in [3.63, 3.8) is 0 Å². The summed E-state index contributed by atoms with van der Waals surface area (Å²) in [5, 5.41) is 12.5. The predicted molar refractivity (Wildman–Crippen MR) is 105 cm³/mol. The molecule has 0 atom stereocenters. The number of likely N-dealkylation sites (N-methyl/N-ethyl adjacent to an activating group) is 1. The fraction of sp³-hybridized carbons (Fsp3) is 0.333. The van der Waals surface area contributed by atoms with Gasteiger partial charge in [-0.2, -0.15) is 5.26 Å². The van der Waals surface area contributed by atoms with Crippen molar-refractivity contribution < 1.29 is 13.6 Å². The standard InChI is InChI=1S/C21H24N4O3/c1-14-7-8-18(28-14)11-24(4)13-20(26)23-21-19(10-22)15(2)16(3)25(21)12-17-6-5-9-27-17/h5-9H,11-13H2,1-4H3,(H,23,26). The van der Waals surface area contributed by atoms with Crippen LogP contribution in [0.15, 0.2) is 39.4 Å². The SMILES string of the molecule is Cc1ccc(CN(C)CC(=O)Nc2c(C#N)c(C)c(C)n2Cc2ccco2)o1. The van der Waals surface area contributed by atoms with Crippen LogP contribution < -0.4 is 5.32 Å². The van der Waals surface area contributed by atoms with Crippen LogP contribution in [0.2, 0.25) is 0 Å². The normalized spacial score (nSPS) is 11.0. The Hall–Kier alpha value is -3.24. The van der Waals surface area contributed by atoms with E-state index in [0.29, 0.717) is 24.5 Å². The maximum atomic E-state index is 12.6. The van der Waals surface area contributed by atoms with E-state index in [1.807, 2.05) is 61.6 Å². The zero-order valence-corrected chi connectivity index (χ0v) is 16.6. The van der Waals surface area contributed by atoms with Crippen molar-refractivity contribution in [2.24, 2.45) is 0 Å². The van der Waals surface area contributed by atoms with E-state index in [0.717, 1.165) is 28.5 Å². The predicted octanol–water partition coefficient (Wildman–Crippen LogP) is 3.59. The van der Waals surface area contributed by atoms with Gasteiger partial charge in [0.05, 0.1) is 31.5 Å². The van der Waals surface area contributed by atoms with Gasteiger partial charge in [0.15, 0.2) is 0 Å². The van der Waals surface area contributed by atoms with E-state index in [1.54, 1.807) is 6.26 Å². The Balaban J connectivity index is 1.75. The second-order valence-corrected chi connectivity index (χ2v) is 6.94. The molecule has 0 saturated heterocycles. The van der Waals surface area contributed by atoms with Crippen LogP contribution in [-0.4, -0.2) is 29.0 Å². The molecule has 3 aromatic rings. The number of nitrogens with zero attached hydrogens (tertiary/aromatic N) is 3. The van der Waals surface area contributed by atoms with E-state index in [-0.39, 0.29) is 12.5 Å². The number of nitriles is 1. The molecule has 0 aliphatic carbocycles. The largest absolute Gasteiger partial charge is 0.467 e. The smallest absolute Gasteiger partial charge is 0.239 e. The lowest BCUT2D eigenvalue weighted by molar-refractivity contribution is -0.117. The molecule has 28 heavy (non-hydrogen) atoms. The van der Waals surface area contributed by atoms with E-state index in [4.69, 9.17) is 8.83 Å². The molecular weight excluding hydrogens is 356 g/mol. The van der Waals surface area contributed by atoms with Gasteiger partial charge in [-0.15, -0.1) is 0 Å². The van der Waals surface area contributed by atoms with Crippen LogP contribution in [0.25, 0.3) is 0 Å². The van der Waals surface area contributed by atoms with Gasteiger partial charge in [-0.25, -0.2) is 0 Å². The van der Waals surface area contributed by atoms with E-state index in [2.05, 4.69) is 11.4 Å². The molecule has 0 saturated carbocycles. The molecule has 3 heterocycles. The molecule has 7 heteroatoms. The fourth-order valence-corrected chi connectivity index (χ4v) is 3.20. The summed E-state index contributed by atoms with van der Waals surface area (Å²) in [7, 11) is 1.85. The molecule has 1 amide bonds. The maximum absolute atomic E-state index is 12.6. The summed E-state index contributed by atoms with van der Waals surface area (Å²) in [4.78, 5) is 14.5. The van der Waals surface area contributed by atoms with Gasteiger partial charge >= 0.3 is 0 Å². The highest BCUT2D eigenvalue weighted by Crippen LogP contribution is 2.27. The Morgan fingerprint density at radius 3 is 2.64 bits per heavy atom. The molecule has 1 N–H and O–H groups in total. The van der Waals surface area contributed by atoms with Crippen LogP contribution in [0.3, 0.4) is 0 Å². The van der Waals surface area contributed by atoms with Crippen molar-refractivity contribution in [3.05, 3.63) is 64.6 Å². The summed E-state index contributed by atoms with van der Waals surface area (Å²) in [6.45, 7) is 6.84. The molecule has 0 bridgehead atoms. The minimum Gasteiger partial charge on any atom is -0.467 e. The Labute approximate surface area is 164 Å². The monoisotopic (exact) mass is 380 g/mol. The topological polar surface area (TPSA) is 87.3 Å². The number of hydrogen-bond acceptors (Lipinski definition) is 5. The second kappa shape index (κ2) is 8.19. The highest BCUT2D eigenvalue weighted by molar-refractivity contribution is 5.93. The zero-order chi connectivity index (χ0) is 20.3. The fourth-order valence-electron chi connectivity index (χ4n) is 3.20. The van der Waals surface area contributed by atoms with Crippen molar-refractivity contribution >= 4 is 11.7 Å². The van der Waals surface area contributed by atoms with Crippen LogP contribution in [0.4, 0.5) is 5.82 Å².